The number of anilines is 1. The summed E-state index contributed by atoms with van der Waals surface area (Å²) in [6.07, 6.45) is 5.24. The van der Waals surface area contributed by atoms with Gasteiger partial charge >= 0.3 is 0 Å². The molecule has 0 amide bonds. The molecule has 13 heavy (non-hydrogen) atoms. The van der Waals surface area contributed by atoms with E-state index in [-0.39, 0.29) is 0 Å². The lowest BCUT2D eigenvalue weighted by molar-refractivity contribution is 0.838. The lowest BCUT2D eigenvalue weighted by Crippen LogP contribution is -1.97. The van der Waals surface area contributed by atoms with Crippen molar-refractivity contribution >= 4 is 11.5 Å². The van der Waals surface area contributed by atoms with Gasteiger partial charge in [0.1, 0.15) is 5.82 Å². The molecule has 2 aromatic heterocycles. The minimum Gasteiger partial charge on any atom is -0.383 e. The van der Waals surface area contributed by atoms with Crippen molar-refractivity contribution in [3.8, 4) is 0 Å². The minimum atomic E-state index is 0.347. The summed E-state index contributed by atoms with van der Waals surface area (Å²) in [4.78, 5) is 8.37. The first kappa shape index (κ1) is 8.04. The fourth-order valence-electron chi connectivity index (χ4n) is 1.37. The predicted octanol–water partition coefficient (Wildman–Crippen LogP) is 1.43. The second kappa shape index (κ2) is 2.73. The number of nitrogen functional groups attached to an aromatic ring is 1. The van der Waals surface area contributed by atoms with Crippen LogP contribution in [0.2, 0.25) is 0 Å². The monoisotopic (exact) mass is 176 g/mol. The van der Waals surface area contributed by atoms with E-state index in [0.717, 1.165) is 11.3 Å². The highest BCUT2D eigenvalue weighted by atomic mass is 15.1. The number of nitrogens with two attached hydrogens (primary N) is 1. The zero-order valence-electron chi connectivity index (χ0n) is 7.73. The Morgan fingerprint density at radius 3 is 2.85 bits per heavy atom. The molecule has 2 heterocycles. The van der Waals surface area contributed by atoms with Gasteiger partial charge in [0.05, 0.1) is 11.9 Å². The maximum Gasteiger partial charge on any atom is 0.157 e. The Bertz CT molecular complexity index is 430. The Morgan fingerprint density at radius 2 is 2.23 bits per heavy atom. The summed E-state index contributed by atoms with van der Waals surface area (Å²) in [5.41, 5.74) is 7.66. The number of imidazole rings is 1. The summed E-state index contributed by atoms with van der Waals surface area (Å²) in [5, 5.41) is 0. The van der Waals surface area contributed by atoms with E-state index in [1.807, 2.05) is 10.6 Å². The van der Waals surface area contributed by atoms with Crippen molar-refractivity contribution in [2.24, 2.45) is 0 Å². The van der Waals surface area contributed by atoms with Gasteiger partial charge in [-0.2, -0.15) is 0 Å². The van der Waals surface area contributed by atoms with E-state index >= 15 is 0 Å². The van der Waals surface area contributed by atoms with Crippen molar-refractivity contribution in [1.29, 1.82) is 0 Å². The molecule has 0 aliphatic carbocycles. The number of rotatable bonds is 1. The first-order valence-corrected chi connectivity index (χ1v) is 4.27. The van der Waals surface area contributed by atoms with E-state index in [9.17, 15) is 0 Å². The molecule has 0 bridgehead atoms. The van der Waals surface area contributed by atoms with Crippen LogP contribution in [0.4, 0.5) is 5.82 Å². The Labute approximate surface area is 76.4 Å². The quantitative estimate of drug-likeness (QED) is 0.715. The first-order chi connectivity index (χ1) is 6.20. The average Bonchev–Trinajstić information content (AvgIpc) is 2.45. The van der Waals surface area contributed by atoms with Crippen LogP contribution in [0.5, 0.6) is 0 Å². The second-order valence-electron chi connectivity index (χ2n) is 3.34. The third-order valence-electron chi connectivity index (χ3n) is 2.04. The molecular weight excluding hydrogens is 164 g/mol. The molecule has 0 aliphatic heterocycles. The van der Waals surface area contributed by atoms with E-state index in [1.54, 1.807) is 12.4 Å². The van der Waals surface area contributed by atoms with Gasteiger partial charge in [-0.05, 0) is 5.92 Å². The van der Waals surface area contributed by atoms with E-state index in [0.29, 0.717) is 11.7 Å². The maximum atomic E-state index is 5.91. The standard InChI is InChI=1S/C9H12N4/c1-6(2)8-9(10)13-4-3-11-5-7(13)12-8/h3-6H,10H2,1-2H3. The van der Waals surface area contributed by atoms with Gasteiger partial charge in [0, 0.05) is 12.4 Å². The van der Waals surface area contributed by atoms with Crippen LogP contribution in [-0.4, -0.2) is 14.4 Å². The molecule has 0 atom stereocenters. The fourth-order valence-corrected chi connectivity index (χ4v) is 1.37. The van der Waals surface area contributed by atoms with Gasteiger partial charge in [0.25, 0.3) is 0 Å². The lowest BCUT2D eigenvalue weighted by atomic mass is 10.1. The van der Waals surface area contributed by atoms with Crippen LogP contribution in [0, 0.1) is 0 Å². The van der Waals surface area contributed by atoms with Crippen molar-refractivity contribution < 1.29 is 0 Å². The first-order valence-electron chi connectivity index (χ1n) is 4.27. The van der Waals surface area contributed by atoms with Crippen molar-refractivity contribution in [1.82, 2.24) is 14.4 Å². The highest BCUT2D eigenvalue weighted by Crippen LogP contribution is 2.21. The zero-order valence-corrected chi connectivity index (χ0v) is 7.73. The molecule has 0 radical (unpaired) electrons. The van der Waals surface area contributed by atoms with Gasteiger partial charge in [-0.1, -0.05) is 13.8 Å². The Balaban J connectivity index is 2.74. The number of aromatic nitrogens is 3. The summed E-state index contributed by atoms with van der Waals surface area (Å²) in [6, 6.07) is 0. The van der Waals surface area contributed by atoms with Gasteiger partial charge in [-0.15, -0.1) is 0 Å². The van der Waals surface area contributed by atoms with Crippen molar-refractivity contribution in [3.63, 3.8) is 0 Å². The fraction of sp³-hybridized carbons (Fsp3) is 0.333. The SMILES string of the molecule is CC(C)c1nc2cnccn2c1N. The third-order valence-corrected chi connectivity index (χ3v) is 2.04. The summed E-state index contributed by atoms with van der Waals surface area (Å²) in [5.74, 6) is 1.06. The molecule has 0 saturated heterocycles. The largest absolute Gasteiger partial charge is 0.383 e. The maximum absolute atomic E-state index is 5.91. The molecule has 0 aliphatic rings. The molecule has 2 rings (SSSR count). The van der Waals surface area contributed by atoms with Crippen LogP contribution in [-0.2, 0) is 0 Å². The number of hydrogen-bond donors (Lipinski definition) is 1. The van der Waals surface area contributed by atoms with Crippen LogP contribution in [0.1, 0.15) is 25.5 Å². The number of fused-ring (bicyclic) bond motifs is 1. The van der Waals surface area contributed by atoms with Gasteiger partial charge in [0.2, 0.25) is 0 Å². The summed E-state index contributed by atoms with van der Waals surface area (Å²) < 4.78 is 1.85. The van der Waals surface area contributed by atoms with E-state index in [1.165, 1.54) is 0 Å². The molecule has 0 aromatic carbocycles. The molecule has 2 aromatic rings. The molecular formula is C9H12N4. The van der Waals surface area contributed by atoms with Gasteiger partial charge in [0.15, 0.2) is 5.65 Å². The zero-order chi connectivity index (χ0) is 9.42. The van der Waals surface area contributed by atoms with E-state index < -0.39 is 0 Å². The van der Waals surface area contributed by atoms with Crippen LogP contribution in [0.25, 0.3) is 5.65 Å². The summed E-state index contributed by atoms with van der Waals surface area (Å²) >= 11 is 0. The van der Waals surface area contributed by atoms with Gasteiger partial charge < -0.3 is 5.73 Å². The smallest absolute Gasteiger partial charge is 0.157 e. The van der Waals surface area contributed by atoms with Crippen LogP contribution in [0.3, 0.4) is 0 Å². The number of hydrogen-bond acceptors (Lipinski definition) is 3. The summed E-state index contributed by atoms with van der Waals surface area (Å²) in [7, 11) is 0. The molecule has 0 spiro atoms. The molecule has 4 heteroatoms. The molecule has 4 nitrogen and oxygen atoms in total. The van der Waals surface area contributed by atoms with Crippen LogP contribution >= 0.6 is 0 Å². The molecule has 68 valence electrons. The Morgan fingerprint density at radius 1 is 1.46 bits per heavy atom. The molecule has 0 unspecified atom stereocenters. The normalized spacial score (nSPS) is 11.3. The average molecular weight is 176 g/mol. The van der Waals surface area contributed by atoms with E-state index in [4.69, 9.17) is 5.73 Å². The highest BCUT2D eigenvalue weighted by molar-refractivity contribution is 5.52. The minimum absolute atomic E-state index is 0.347. The second-order valence-corrected chi connectivity index (χ2v) is 3.34. The third kappa shape index (κ3) is 1.14. The van der Waals surface area contributed by atoms with Crippen molar-refractivity contribution in [3.05, 3.63) is 24.3 Å². The van der Waals surface area contributed by atoms with Gasteiger partial charge in [-0.25, -0.2) is 4.98 Å². The molecule has 2 N–H and O–H groups in total. The predicted molar refractivity (Wildman–Crippen MR) is 51.5 cm³/mol. The topological polar surface area (TPSA) is 56.2 Å². The highest BCUT2D eigenvalue weighted by Gasteiger charge is 2.11. The van der Waals surface area contributed by atoms with E-state index in [2.05, 4.69) is 23.8 Å². The Hall–Kier alpha value is -1.58. The van der Waals surface area contributed by atoms with Gasteiger partial charge in [-0.3, -0.25) is 9.38 Å². The van der Waals surface area contributed by atoms with Crippen LogP contribution in [0.15, 0.2) is 18.6 Å². The summed E-state index contributed by atoms with van der Waals surface area (Å²) in [6.45, 7) is 4.15. The Kier molecular flexibility index (Phi) is 1.69. The van der Waals surface area contributed by atoms with Crippen LogP contribution < -0.4 is 5.73 Å². The van der Waals surface area contributed by atoms with Crippen molar-refractivity contribution in [2.75, 3.05) is 5.73 Å². The van der Waals surface area contributed by atoms with Crippen molar-refractivity contribution in [2.45, 2.75) is 19.8 Å². The molecule has 0 saturated carbocycles. The lowest BCUT2D eigenvalue weighted by Gasteiger charge is -2.00. The molecule has 0 fully saturated rings. The number of nitrogens with zero attached hydrogens (tertiary/aromatic N) is 3.